The average Bonchev–Trinajstić information content (AvgIpc) is 3.23. The molecule has 0 spiro atoms. The van der Waals surface area contributed by atoms with Gasteiger partial charge in [-0.1, -0.05) is 18.2 Å². The zero-order chi connectivity index (χ0) is 13.5. The summed E-state index contributed by atoms with van der Waals surface area (Å²) in [5, 5.41) is 5.52. The second-order valence-electron chi connectivity index (χ2n) is 5.17. The lowest BCUT2D eigenvalue weighted by molar-refractivity contribution is 0.112. The SMILES string of the molecule is O=Cc1cc2ccccc2nc1-n1ccc(C2CC2)n1. The second-order valence-corrected chi connectivity index (χ2v) is 5.17. The molecule has 98 valence electrons. The van der Waals surface area contributed by atoms with Crippen LogP contribution in [0.25, 0.3) is 16.7 Å². The second kappa shape index (κ2) is 4.27. The predicted molar refractivity (Wildman–Crippen MR) is 76.2 cm³/mol. The molecule has 0 atom stereocenters. The summed E-state index contributed by atoms with van der Waals surface area (Å²) < 4.78 is 1.71. The number of rotatable bonds is 3. The molecule has 0 aliphatic heterocycles. The van der Waals surface area contributed by atoms with Crippen molar-refractivity contribution in [3.8, 4) is 5.82 Å². The number of fused-ring (bicyclic) bond motifs is 1. The summed E-state index contributed by atoms with van der Waals surface area (Å²) in [5.74, 6) is 1.20. The lowest BCUT2D eigenvalue weighted by atomic mass is 10.1. The molecule has 0 amide bonds. The highest BCUT2D eigenvalue weighted by atomic mass is 16.1. The van der Waals surface area contributed by atoms with Gasteiger partial charge in [0.15, 0.2) is 12.1 Å². The van der Waals surface area contributed by atoms with Crippen molar-refractivity contribution < 1.29 is 4.79 Å². The van der Waals surface area contributed by atoms with Crippen LogP contribution in [0.4, 0.5) is 0 Å². The smallest absolute Gasteiger partial charge is 0.164 e. The van der Waals surface area contributed by atoms with Gasteiger partial charge in [0.1, 0.15) is 0 Å². The summed E-state index contributed by atoms with van der Waals surface area (Å²) in [6, 6.07) is 11.7. The van der Waals surface area contributed by atoms with Gasteiger partial charge in [-0.2, -0.15) is 5.10 Å². The number of hydrogen-bond donors (Lipinski definition) is 0. The summed E-state index contributed by atoms with van der Waals surface area (Å²) in [6.07, 6.45) is 5.15. The lowest BCUT2D eigenvalue weighted by Crippen LogP contribution is -2.04. The van der Waals surface area contributed by atoms with E-state index in [1.54, 1.807) is 4.68 Å². The molecule has 4 heteroatoms. The van der Waals surface area contributed by atoms with Crippen LogP contribution in [-0.4, -0.2) is 21.1 Å². The van der Waals surface area contributed by atoms with Gasteiger partial charge in [-0.05, 0) is 31.0 Å². The molecule has 1 saturated carbocycles. The highest BCUT2D eigenvalue weighted by Gasteiger charge is 2.26. The Labute approximate surface area is 116 Å². The van der Waals surface area contributed by atoms with Crippen LogP contribution >= 0.6 is 0 Å². The van der Waals surface area contributed by atoms with E-state index in [2.05, 4.69) is 10.1 Å². The van der Waals surface area contributed by atoms with Crippen LogP contribution in [0, 0.1) is 0 Å². The zero-order valence-corrected chi connectivity index (χ0v) is 10.9. The number of para-hydroxylation sites is 1. The number of pyridine rings is 1. The largest absolute Gasteiger partial charge is 0.298 e. The van der Waals surface area contributed by atoms with E-state index in [0.717, 1.165) is 22.9 Å². The number of benzene rings is 1. The maximum absolute atomic E-state index is 11.3. The topological polar surface area (TPSA) is 47.8 Å². The van der Waals surface area contributed by atoms with Gasteiger partial charge in [-0.25, -0.2) is 9.67 Å². The summed E-state index contributed by atoms with van der Waals surface area (Å²) in [7, 11) is 0. The monoisotopic (exact) mass is 263 g/mol. The predicted octanol–water partition coefficient (Wildman–Crippen LogP) is 3.11. The van der Waals surface area contributed by atoms with Crippen molar-refractivity contribution >= 4 is 17.2 Å². The molecule has 2 heterocycles. The van der Waals surface area contributed by atoms with Crippen LogP contribution in [0.1, 0.15) is 34.8 Å². The van der Waals surface area contributed by atoms with Gasteiger partial charge >= 0.3 is 0 Å². The molecule has 4 nitrogen and oxygen atoms in total. The maximum atomic E-state index is 11.3. The fourth-order valence-electron chi connectivity index (χ4n) is 2.45. The van der Waals surface area contributed by atoms with Crippen molar-refractivity contribution in [3.05, 3.63) is 53.9 Å². The van der Waals surface area contributed by atoms with Crippen LogP contribution in [-0.2, 0) is 0 Å². The third kappa shape index (κ3) is 1.81. The number of carbonyl (C=O) groups is 1. The van der Waals surface area contributed by atoms with Crippen LogP contribution in [0.15, 0.2) is 42.6 Å². The first kappa shape index (κ1) is 11.3. The molecule has 1 fully saturated rings. The number of nitrogens with zero attached hydrogens (tertiary/aromatic N) is 3. The Morgan fingerprint density at radius 3 is 2.85 bits per heavy atom. The standard InChI is InChI=1S/C16H13N3O/c20-10-13-9-12-3-1-2-4-14(12)17-16(13)19-8-7-15(18-19)11-5-6-11/h1-4,7-11H,5-6H2. The zero-order valence-electron chi connectivity index (χ0n) is 10.9. The molecule has 1 aromatic carbocycles. The first-order valence-corrected chi connectivity index (χ1v) is 6.76. The fraction of sp³-hybridized carbons (Fsp3) is 0.188. The molecule has 0 bridgehead atoms. The van der Waals surface area contributed by atoms with E-state index >= 15 is 0 Å². The Kier molecular flexibility index (Phi) is 2.42. The third-order valence-electron chi connectivity index (χ3n) is 3.68. The summed E-state index contributed by atoms with van der Waals surface area (Å²) >= 11 is 0. The molecular formula is C16H13N3O. The lowest BCUT2D eigenvalue weighted by Gasteiger charge is -2.06. The Morgan fingerprint density at radius 2 is 2.05 bits per heavy atom. The molecule has 3 aromatic rings. The number of aromatic nitrogens is 3. The van der Waals surface area contributed by atoms with Gasteiger partial charge in [0.05, 0.1) is 16.8 Å². The van der Waals surface area contributed by atoms with E-state index < -0.39 is 0 Å². The van der Waals surface area contributed by atoms with Crippen molar-refractivity contribution in [3.63, 3.8) is 0 Å². The first-order chi connectivity index (χ1) is 9.85. The summed E-state index contributed by atoms with van der Waals surface area (Å²) in [6.45, 7) is 0. The average molecular weight is 263 g/mol. The highest BCUT2D eigenvalue weighted by molar-refractivity contribution is 5.89. The molecule has 0 radical (unpaired) electrons. The molecule has 0 unspecified atom stereocenters. The quantitative estimate of drug-likeness (QED) is 0.682. The molecule has 0 saturated heterocycles. The minimum Gasteiger partial charge on any atom is -0.298 e. The number of hydrogen-bond acceptors (Lipinski definition) is 3. The van der Waals surface area contributed by atoms with E-state index in [-0.39, 0.29) is 0 Å². The number of aldehydes is 1. The molecule has 20 heavy (non-hydrogen) atoms. The van der Waals surface area contributed by atoms with E-state index in [1.807, 2.05) is 42.6 Å². The van der Waals surface area contributed by atoms with Crippen molar-refractivity contribution in [2.45, 2.75) is 18.8 Å². The number of carbonyl (C=O) groups excluding carboxylic acids is 1. The summed E-state index contributed by atoms with van der Waals surface area (Å²) in [5.41, 5.74) is 2.53. The molecule has 1 aliphatic rings. The molecular weight excluding hydrogens is 250 g/mol. The molecule has 2 aromatic heterocycles. The van der Waals surface area contributed by atoms with Gasteiger partial charge in [0.25, 0.3) is 0 Å². The normalized spacial score (nSPS) is 14.6. The Morgan fingerprint density at radius 1 is 1.20 bits per heavy atom. The van der Waals surface area contributed by atoms with Crippen molar-refractivity contribution in [2.75, 3.05) is 0 Å². The van der Waals surface area contributed by atoms with Gasteiger partial charge in [-0.15, -0.1) is 0 Å². The third-order valence-corrected chi connectivity index (χ3v) is 3.68. The first-order valence-electron chi connectivity index (χ1n) is 6.76. The molecule has 4 rings (SSSR count). The van der Waals surface area contributed by atoms with Gasteiger partial charge in [0, 0.05) is 17.5 Å². The van der Waals surface area contributed by atoms with Crippen LogP contribution in [0.3, 0.4) is 0 Å². The van der Waals surface area contributed by atoms with Crippen molar-refractivity contribution in [1.29, 1.82) is 0 Å². The van der Waals surface area contributed by atoms with Gasteiger partial charge in [0.2, 0.25) is 0 Å². The van der Waals surface area contributed by atoms with E-state index in [4.69, 9.17) is 0 Å². The van der Waals surface area contributed by atoms with E-state index in [1.165, 1.54) is 12.8 Å². The molecule has 0 N–H and O–H groups in total. The van der Waals surface area contributed by atoms with Crippen LogP contribution in [0.2, 0.25) is 0 Å². The Balaban J connectivity index is 1.89. The minimum absolute atomic E-state index is 0.564. The summed E-state index contributed by atoms with van der Waals surface area (Å²) in [4.78, 5) is 15.9. The highest BCUT2D eigenvalue weighted by Crippen LogP contribution is 2.39. The fourth-order valence-corrected chi connectivity index (χ4v) is 2.45. The molecule has 1 aliphatic carbocycles. The van der Waals surface area contributed by atoms with Crippen LogP contribution in [0.5, 0.6) is 0 Å². The minimum atomic E-state index is 0.564. The van der Waals surface area contributed by atoms with Crippen molar-refractivity contribution in [2.24, 2.45) is 0 Å². The van der Waals surface area contributed by atoms with Gasteiger partial charge in [-0.3, -0.25) is 4.79 Å². The maximum Gasteiger partial charge on any atom is 0.164 e. The van der Waals surface area contributed by atoms with Gasteiger partial charge < -0.3 is 0 Å². The Hall–Kier alpha value is -2.49. The van der Waals surface area contributed by atoms with Crippen LogP contribution < -0.4 is 0 Å². The van der Waals surface area contributed by atoms with Crippen molar-refractivity contribution in [1.82, 2.24) is 14.8 Å². The van der Waals surface area contributed by atoms with E-state index in [0.29, 0.717) is 17.3 Å². The Bertz CT molecular complexity index is 802. The van der Waals surface area contributed by atoms with E-state index in [9.17, 15) is 4.79 Å².